The number of halogens is 1. The standard InChI is InChI=1S/C12H15FN2O3/c1-2-3-6-14-12(18)15-8-4-5-10(13)9(7-8)11(16)17/h4-5,7H,2-3,6H2,1H3,(H,16,17)(H2,14,15,18). The van der Waals surface area contributed by atoms with Gasteiger partial charge in [0.25, 0.3) is 0 Å². The summed E-state index contributed by atoms with van der Waals surface area (Å²) in [5, 5.41) is 13.8. The molecule has 98 valence electrons. The van der Waals surface area contributed by atoms with E-state index in [0.29, 0.717) is 6.54 Å². The Morgan fingerprint density at radius 2 is 2.11 bits per heavy atom. The van der Waals surface area contributed by atoms with Gasteiger partial charge in [0.15, 0.2) is 0 Å². The van der Waals surface area contributed by atoms with E-state index >= 15 is 0 Å². The lowest BCUT2D eigenvalue weighted by Crippen LogP contribution is -2.29. The smallest absolute Gasteiger partial charge is 0.338 e. The first-order valence-corrected chi connectivity index (χ1v) is 5.62. The molecule has 18 heavy (non-hydrogen) atoms. The molecule has 0 aliphatic rings. The zero-order valence-electron chi connectivity index (χ0n) is 10.00. The van der Waals surface area contributed by atoms with Crippen molar-refractivity contribution in [2.45, 2.75) is 19.8 Å². The van der Waals surface area contributed by atoms with E-state index in [9.17, 15) is 14.0 Å². The van der Waals surface area contributed by atoms with Gasteiger partial charge in [-0.2, -0.15) is 0 Å². The van der Waals surface area contributed by atoms with Gasteiger partial charge in [-0.15, -0.1) is 0 Å². The molecular weight excluding hydrogens is 239 g/mol. The van der Waals surface area contributed by atoms with Gasteiger partial charge < -0.3 is 15.7 Å². The molecule has 0 aliphatic carbocycles. The van der Waals surface area contributed by atoms with Gasteiger partial charge in [-0.25, -0.2) is 14.0 Å². The Morgan fingerprint density at radius 1 is 1.39 bits per heavy atom. The van der Waals surface area contributed by atoms with Crippen LogP contribution in [0.5, 0.6) is 0 Å². The summed E-state index contributed by atoms with van der Waals surface area (Å²) in [6.45, 7) is 2.54. The lowest BCUT2D eigenvalue weighted by atomic mass is 10.2. The predicted octanol–water partition coefficient (Wildman–Crippen LogP) is 2.45. The quantitative estimate of drug-likeness (QED) is 0.706. The number of carboxylic acids is 1. The molecule has 0 unspecified atom stereocenters. The van der Waals surface area contributed by atoms with Crippen LogP contribution in [0.3, 0.4) is 0 Å². The van der Waals surface area contributed by atoms with Crippen molar-refractivity contribution in [3.63, 3.8) is 0 Å². The van der Waals surface area contributed by atoms with Gasteiger partial charge in [0.05, 0.1) is 5.56 Å². The first-order chi connectivity index (χ1) is 8.54. The normalized spacial score (nSPS) is 9.89. The Kier molecular flexibility index (Phi) is 5.10. The van der Waals surface area contributed by atoms with Gasteiger partial charge in [0.2, 0.25) is 0 Å². The SMILES string of the molecule is CCCCNC(=O)Nc1ccc(F)c(C(=O)O)c1. The Bertz CT molecular complexity index is 449. The maximum absolute atomic E-state index is 13.1. The van der Waals surface area contributed by atoms with Crippen molar-refractivity contribution in [2.75, 3.05) is 11.9 Å². The predicted molar refractivity (Wildman–Crippen MR) is 65.3 cm³/mol. The van der Waals surface area contributed by atoms with Gasteiger partial charge in [0.1, 0.15) is 5.82 Å². The van der Waals surface area contributed by atoms with Gasteiger partial charge in [-0.3, -0.25) is 0 Å². The minimum atomic E-state index is -1.37. The van der Waals surface area contributed by atoms with Crippen molar-refractivity contribution in [2.24, 2.45) is 0 Å². The topological polar surface area (TPSA) is 78.4 Å². The molecular formula is C12H15FN2O3. The molecule has 1 aromatic carbocycles. The third-order valence-corrected chi connectivity index (χ3v) is 2.27. The number of hydrogen-bond acceptors (Lipinski definition) is 2. The molecule has 0 atom stereocenters. The number of benzene rings is 1. The molecule has 1 rings (SSSR count). The zero-order valence-corrected chi connectivity index (χ0v) is 10.00. The number of amides is 2. The summed E-state index contributed by atoms with van der Waals surface area (Å²) in [5.41, 5.74) is -0.232. The van der Waals surface area contributed by atoms with Crippen LogP contribution in [-0.2, 0) is 0 Å². The van der Waals surface area contributed by atoms with Crippen molar-refractivity contribution in [1.82, 2.24) is 5.32 Å². The van der Waals surface area contributed by atoms with Gasteiger partial charge in [-0.05, 0) is 24.6 Å². The fourth-order valence-electron chi connectivity index (χ4n) is 1.32. The highest BCUT2D eigenvalue weighted by Crippen LogP contribution is 2.14. The average molecular weight is 254 g/mol. The Hall–Kier alpha value is -2.11. The van der Waals surface area contributed by atoms with E-state index < -0.39 is 23.4 Å². The number of carbonyl (C=O) groups is 2. The van der Waals surface area contributed by atoms with Crippen LogP contribution >= 0.6 is 0 Å². The molecule has 0 spiro atoms. The number of carboxylic acid groups (broad SMARTS) is 1. The molecule has 0 fully saturated rings. The first-order valence-electron chi connectivity index (χ1n) is 5.62. The fraction of sp³-hybridized carbons (Fsp3) is 0.333. The molecule has 1 aromatic rings. The first kappa shape index (κ1) is 14.0. The average Bonchev–Trinajstić information content (AvgIpc) is 2.31. The minimum Gasteiger partial charge on any atom is -0.478 e. The number of urea groups is 1. The number of aromatic carboxylic acids is 1. The maximum atomic E-state index is 13.1. The summed E-state index contributed by atoms with van der Waals surface area (Å²) in [4.78, 5) is 22.1. The number of rotatable bonds is 5. The second-order valence-corrected chi connectivity index (χ2v) is 3.73. The third-order valence-electron chi connectivity index (χ3n) is 2.27. The number of unbranched alkanes of at least 4 members (excludes halogenated alkanes) is 1. The lowest BCUT2D eigenvalue weighted by Gasteiger charge is -2.08. The summed E-state index contributed by atoms with van der Waals surface area (Å²) >= 11 is 0. The molecule has 2 amide bonds. The molecule has 0 radical (unpaired) electrons. The molecule has 0 saturated carbocycles. The molecule has 0 aromatic heterocycles. The van der Waals surface area contributed by atoms with Crippen LogP contribution in [0, 0.1) is 5.82 Å². The number of anilines is 1. The molecule has 6 heteroatoms. The maximum Gasteiger partial charge on any atom is 0.338 e. The second-order valence-electron chi connectivity index (χ2n) is 3.73. The highest BCUT2D eigenvalue weighted by Gasteiger charge is 2.11. The largest absolute Gasteiger partial charge is 0.478 e. The zero-order chi connectivity index (χ0) is 13.5. The monoisotopic (exact) mass is 254 g/mol. The lowest BCUT2D eigenvalue weighted by molar-refractivity contribution is 0.0692. The van der Waals surface area contributed by atoms with Gasteiger partial charge >= 0.3 is 12.0 Å². The van der Waals surface area contributed by atoms with E-state index in [2.05, 4.69) is 10.6 Å². The summed E-state index contributed by atoms with van der Waals surface area (Å²) in [6.07, 6.45) is 1.82. The fourth-order valence-corrected chi connectivity index (χ4v) is 1.32. The van der Waals surface area contributed by atoms with E-state index in [1.54, 1.807) is 0 Å². The van der Waals surface area contributed by atoms with Crippen molar-refractivity contribution < 1.29 is 19.1 Å². The van der Waals surface area contributed by atoms with Crippen LogP contribution in [0.4, 0.5) is 14.9 Å². The highest BCUT2D eigenvalue weighted by molar-refractivity contribution is 5.93. The van der Waals surface area contributed by atoms with Crippen molar-refractivity contribution in [1.29, 1.82) is 0 Å². The summed E-state index contributed by atoms with van der Waals surface area (Å²) in [7, 11) is 0. The van der Waals surface area contributed by atoms with E-state index in [0.717, 1.165) is 25.0 Å². The molecule has 0 bridgehead atoms. The summed E-state index contributed by atoms with van der Waals surface area (Å²) in [5.74, 6) is -2.21. The van der Waals surface area contributed by atoms with E-state index in [-0.39, 0.29) is 5.69 Å². The van der Waals surface area contributed by atoms with Crippen LogP contribution in [0.15, 0.2) is 18.2 Å². The van der Waals surface area contributed by atoms with Crippen molar-refractivity contribution >= 4 is 17.7 Å². The van der Waals surface area contributed by atoms with Gasteiger partial charge in [0, 0.05) is 12.2 Å². The van der Waals surface area contributed by atoms with E-state index in [1.807, 2.05) is 6.92 Å². The molecule has 0 aliphatic heterocycles. The van der Waals surface area contributed by atoms with Crippen LogP contribution < -0.4 is 10.6 Å². The summed E-state index contributed by atoms with van der Waals surface area (Å²) < 4.78 is 13.1. The summed E-state index contributed by atoms with van der Waals surface area (Å²) in [6, 6.07) is 2.95. The molecule has 5 nitrogen and oxygen atoms in total. The Balaban J connectivity index is 2.65. The molecule has 0 saturated heterocycles. The van der Waals surface area contributed by atoms with Crippen molar-refractivity contribution in [3.8, 4) is 0 Å². The minimum absolute atomic E-state index is 0.239. The molecule has 0 heterocycles. The Morgan fingerprint density at radius 3 is 2.72 bits per heavy atom. The number of carbonyl (C=O) groups excluding carboxylic acids is 1. The Labute approximate surface area is 104 Å². The second kappa shape index (κ2) is 6.58. The highest BCUT2D eigenvalue weighted by atomic mass is 19.1. The number of hydrogen-bond donors (Lipinski definition) is 3. The van der Waals surface area contributed by atoms with E-state index in [1.165, 1.54) is 6.07 Å². The van der Waals surface area contributed by atoms with Crippen LogP contribution in [0.25, 0.3) is 0 Å². The van der Waals surface area contributed by atoms with Crippen LogP contribution in [-0.4, -0.2) is 23.7 Å². The van der Waals surface area contributed by atoms with Gasteiger partial charge in [-0.1, -0.05) is 13.3 Å². The third kappa shape index (κ3) is 4.04. The number of nitrogens with one attached hydrogen (secondary N) is 2. The molecule has 3 N–H and O–H groups in total. The van der Waals surface area contributed by atoms with Crippen molar-refractivity contribution in [3.05, 3.63) is 29.6 Å². The van der Waals surface area contributed by atoms with Crippen LogP contribution in [0.1, 0.15) is 30.1 Å². The van der Waals surface area contributed by atoms with E-state index in [4.69, 9.17) is 5.11 Å². The van der Waals surface area contributed by atoms with Crippen LogP contribution in [0.2, 0.25) is 0 Å².